The summed E-state index contributed by atoms with van der Waals surface area (Å²) in [6.07, 6.45) is 6.74. The van der Waals surface area contributed by atoms with Gasteiger partial charge in [-0.2, -0.15) is 0 Å². The zero-order valence-electron chi connectivity index (χ0n) is 12.1. The van der Waals surface area contributed by atoms with Crippen LogP contribution < -0.4 is 5.32 Å². The van der Waals surface area contributed by atoms with Gasteiger partial charge in [-0.25, -0.2) is 4.98 Å². The van der Waals surface area contributed by atoms with Crippen molar-refractivity contribution in [1.82, 2.24) is 10.3 Å². The lowest BCUT2D eigenvalue weighted by Gasteiger charge is -2.25. The van der Waals surface area contributed by atoms with Gasteiger partial charge in [0.05, 0.1) is 5.69 Å². The molecule has 1 aliphatic rings. The molecule has 2 rings (SSSR count). The number of aromatic nitrogens is 1. The molecule has 18 heavy (non-hydrogen) atoms. The third-order valence-electron chi connectivity index (χ3n) is 3.85. The van der Waals surface area contributed by atoms with Gasteiger partial charge in [0.15, 0.2) is 6.39 Å². The van der Waals surface area contributed by atoms with E-state index in [0.717, 1.165) is 23.9 Å². The van der Waals surface area contributed by atoms with Crippen LogP contribution in [0, 0.1) is 5.92 Å². The molecule has 0 radical (unpaired) electrons. The van der Waals surface area contributed by atoms with Crippen molar-refractivity contribution in [3.8, 4) is 0 Å². The molecule has 0 aliphatic heterocycles. The van der Waals surface area contributed by atoms with Crippen LogP contribution in [0.2, 0.25) is 0 Å². The molecule has 102 valence electrons. The number of nitrogens with zero attached hydrogens (tertiary/aromatic N) is 1. The van der Waals surface area contributed by atoms with Gasteiger partial charge in [0.1, 0.15) is 5.76 Å². The normalized spacial score (nSPS) is 25.3. The quantitative estimate of drug-likeness (QED) is 0.885. The topological polar surface area (TPSA) is 38.1 Å². The fourth-order valence-corrected chi connectivity index (χ4v) is 2.61. The fourth-order valence-electron chi connectivity index (χ4n) is 2.61. The third-order valence-corrected chi connectivity index (χ3v) is 3.85. The molecule has 1 fully saturated rings. The van der Waals surface area contributed by atoms with Crippen molar-refractivity contribution in [2.24, 2.45) is 5.92 Å². The molecule has 3 heteroatoms. The standard InChI is InChI=1S/C15H26N2O/c1-11-5-7-12(8-6-11)14-13(16-10-18-14)9-17-15(2,3)4/h10-12,17H,5-9H2,1-4H3. The Kier molecular flexibility index (Phi) is 4.10. The maximum atomic E-state index is 5.65. The van der Waals surface area contributed by atoms with Gasteiger partial charge in [0.2, 0.25) is 0 Å². The summed E-state index contributed by atoms with van der Waals surface area (Å²) < 4.78 is 5.65. The molecule has 3 nitrogen and oxygen atoms in total. The molecule has 0 saturated heterocycles. The van der Waals surface area contributed by atoms with Crippen LogP contribution in [0.4, 0.5) is 0 Å². The van der Waals surface area contributed by atoms with Gasteiger partial charge >= 0.3 is 0 Å². The Bertz CT molecular complexity index is 370. The number of rotatable bonds is 3. The first-order chi connectivity index (χ1) is 8.46. The van der Waals surface area contributed by atoms with Crippen molar-refractivity contribution in [1.29, 1.82) is 0 Å². The summed E-state index contributed by atoms with van der Waals surface area (Å²) in [6.45, 7) is 9.68. The smallest absolute Gasteiger partial charge is 0.181 e. The van der Waals surface area contributed by atoms with Crippen LogP contribution in [-0.4, -0.2) is 10.5 Å². The summed E-state index contributed by atoms with van der Waals surface area (Å²) in [5, 5.41) is 3.49. The highest BCUT2D eigenvalue weighted by molar-refractivity contribution is 5.13. The van der Waals surface area contributed by atoms with Gasteiger partial charge in [-0.05, 0) is 39.5 Å². The summed E-state index contributed by atoms with van der Waals surface area (Å²) in [5.74, 6) is 2.58. The highest BCUT2D eigenvalue weighted by Crippen LogP contribution is 2.36. The second-order valence-electron chi connectivity index (χ2n) is 6.72. The molecular formula is C15H26N2O. The minimum absolute atomic E-state index is 0.122. The van der Waals surface area contributed by atoms with E-state index in [1.165, 1.54) is 25.7 Å². The Morgan fingerprint density at radius 1 is 1.28 bits per heavy atom. The highest BCUT2D eigenvalue weighted by Gasteiger charge is 2.25. The van der Waals surface area contributed by atoms with Crippen LogP contribution in [0.1, 0.15) is 70.8 Å². The first kappa shape index (κ1) is 13.6. The van der Waals surface area contributed by atoms with E-state index in [9.17, 15) is 0 Å². The zero-order chi connectivity index (χ0) is 13.2. The van der Waals surface area contributed by atoms with E-state index >= 15 is 0 Å². The molecule has 0 spiro atoms. The van der Waals surface area contributed by atoms with Crippen molar-refractivity contribution in [2.75, 3.05) is 0 Å². The van der Waals surface area contributed by atoms with Crippen LogP contribution in [0.25, 0.3) is 0 Å². The molecule has 1 heterocycles. The summed E-state index contributed by atoms with van der Waals surface area (Å²) in [6, 6.07) is 0. The van der Waals surface area contributed by atoms with E-state index in [1.807, 2.05) is 0 Å². The molecule has 1 aliphatic carbocycles. The Morgan fingerprint density at radius 3 is 2.56 bits per heavy atom. The molecule has 1 saturated carbocycles. The first-order valence-electron chi connectivity index (χ1n) is 7.13. The average molecular weight is 250 g/mol. The molecule has 0 atom stereocenters. The Morgan fingerprint density at radius 2 is 1.94 bits per heavy atom. The lowest BCUT2D eigenvalue weighted by atomic mass is 9.81. The highest BCUT2D eigenvalue weighted by atomic mass is 16.3. The lowest BCUT2D eigenvalue weighted by Crippen LogP contribution is -2.35. The molecule has 0 bridgehead atoms. The van der Waals surface area contributed by atoms with E-state index in [1.54, 1.807) is 6.39 Å². The summed E-state index contributed by atoms with van der Waals surface area (Å²) in [7, 11) is 0. The van der Waals surface area contributed by atoms with Crippen molar-refractivity contribution >= 4 is 0 Å². The second kappa shape index (κ2) is 5.43. The first-order valence-corrected chi connectivity index (χ1v) is 7.13. The fraction of sp³-hybridized carbons (Fsp3) is 0.800. The minimum atomic E-state index is 0.122. The van der Waals surface area contributed by atoms with Gasteiger partial charge in [0.25, 0.3) is 0 Å². The maximum absolute atomic E-state index is 5.65. The Balaban J connectivity index is 1.99. The zero-order valence-corrected chi connectivity index (χ0v) is 12.1. The molecule has 1 aromatic rings. The van der Waals surface area contributed by atoms with Crippen molar-refractivity contribution in [3.63, 3.8) is 0 Å². The van der Waals surface area contributed by atoms with Gasteiger partial charge in [-0.3, -0.25) is 0 Å². The monoisotopic (exact) mass is 250 g/mol. The van der Waals surface area contributed by atoms with Crippen LogP contribution in [-0.2, 0) is 6.54 Å². The van der Waals surface area contributed by atoms with E-state index < -0.39 is 0 Å². The van der Waals surface area contributed by atoms with Gasteiger partial charge in [-0.1, -0.05) is 19.8 Å². The molecule has 1 aromatic heterocycles. The van der Waals surface area contributed by atoms with Crippen molar-refractivity contribution in [3.05, 3.63) is 17.8 Å². The van der Waals surface area contributed by atoms with E-state index in [0.29, 0.717) is 5.92 Å². The number of hydrogen-bond donors (Lipinski definition) is 1. The largest absolute Gasteiger partial charge is 0.448 e. The molecule has 0 aromatic carbocycles. The summed E-state index contributed by atoms with van der Waals surface area (Å²) in [4.78, 5) is 4.38. The number of nitrogens with one attached hydrogen (secondary N) is 1. The van der Waals surface area contributed by atoms with Gasteiger partial charge < -0.3 is 9.73 Å². The van der Waals surface area contributed by atoms with Gasteiger partial charge in [0, 0.05) is 18.0 Å². The second-order valence-corrected chi connectivity index (χ2v) is 6.72. The minimum Gasteiger partial charge on any atom is -0.448 e. The van der Waals surface area contributed by atoms with Crippen molar-refractivity contribution in [2.45, 2.75) is 71.4 Å². The molecule has 0 unspecified atom stereocenters. The van der Waals surface area contributed by atoms with Crippen molar-refractivity contribution < 1.29 is 4.42 Å². The van der Waals surface area contributed by atoms with Crippen LogP contribution >= 0.6 is 0 Å². The predicted octanol–water partition coefficient (Wildman–Crippen LogP) is 3.86. The Labute approximate surface area is 110 Å². The average Bonchev–Trinajstić information content (AvgIpc) is 2.75. The summed E-state index contributed by atoms with van der Waals surface area (Å²) in [5.41, 5.74) is 1.22. The Hall–Kier alpha value is -0.830. The number of hydrogen-bond acceptors (Lipinski definition) is 3. The molecule has 1 N–H and O–H groups in total. The summed E-state index contributed by atoms with van der Waals surface area (Å²) >= 11 is 0. The lowest BCUT2D eigenvalue weighted by molar-refractivity contribution is 0.311. The van der Waals surface area contributed by atoms with Crippen LogP contribution in [0.3, 0.4) is 0 Å². The predicted molar refractivity (Wildman–Crippen MR) is 73.5 cm³/mol. The third kappa shape index (κ3) is 3.58. The molecule has 0 amide bonds. The number of oxazole rings is 1. The SMILES string of the molecule is CC1CCC(c2ocnc2CNC(C)(C)C)CC1. The van der Waals surface area contributed by atoms with Crippen LogP contribution in [0.5, 0.6) is 0 Å². The molecular weight excluding hydrogens is 224 g/mol. The maximum Gasteiger partial charge on any atom is 0.181 e. The van der Waals surface area contributed by atoms with E-state index in [4.69, 9.17) is 4.42 Å². The van der Waals surface area contributed by atoms with E-state index in [2.05, 4.69) is 38.0 Å². The van der Waals surface area contributed by atoms with Gasteiger partial charge in [-0.15, -0.1) is 0 Å². The van der Waals surface area contributed by atoms with Crippen LogP contribution in [0.15, 0.2) is 10.8 Å². The van der Waals surface area contributed by atoms with E-state index in [-0.39, 0.29) is 5.54 Å².